The van der Waals surface area contributed by atoms with Crippen LogP contribution < -0.4 is 0 Å². The lowest BCUT2D eigenvalue weighted by molar-refractivity contribution is -0.116. The van der Waals surface area contributed by atoms with Crippen LogP contribution in [-0.2, 0) is 4.79 Å². The van der Waals surface area contributed by atoms with Crippen molar-refractivity contribution in [2.24, 2.45) is 5.41 Å². The van der Waals surface area contributed by atoms with Gasteiger partial charge in [-0.25, -0.2) is 0 Å². The van der Waals surface area contributed by atoms with Crippen molar-refractivity contribution in [2.75, 3.05) is 6.67 Å². The lowest BCUT2D eigenvalue weighted by atomic mass is 9.85. The molecule has 1 aliphatic carbocycles. The van der Waals surface area contributed by atoms with E-state index in [2.05, 4.69) is 0 Å². The van der Waals surface area contributed by atoms with Crippen molar-refractivity contribution in [2.45, 2.75) is 32.1 Å². The smallest absolute Gasteiger partial charge is 0.126 e. The number of hydrogen-bond acceptors (Lipinski definition) is 1. The molecule has 0 aromatic carbocycles. The van der Waals surface area contributed by atoms with Gasteiger partial charge in [0, 0.05) is 5.41 Å². The highest BCUT2D eigenvalue weighted by molar-refractivity contribution is 5.59. The van der Waals surface area contributed by atoms with E-state index < -0.39 is 0 Å². The Morgan fingerprint density at radius 1 is 1.40 bits per heavy atom. The van der Waals surface area contributed by atoms with E-state index in [0.29, 0.717) is 6.42 Å². The molecule has 1 nitrogen and oxygen atoms in total. The topological polar surface area (TPSA) is 17.1 Å². The Morgan fingerprint density at radius 2 is 2.00 bits per heavy atom. The monoisotopic (exact) mass is 144 g/mol. The highest BCUT2D eigenvalue weighted by Gasteiger charge is 2.32. The Bertz CT molecular complexity index is 116. The molecule has 1 fully saturated rings. The van der Waals surface area contributed by atoms with Crippen molar-refractivity contribution >= 4 is 6.29 Å². The molecule has 10 heavy (non-hydrogen) atoms. The van der Waals surface area contributed by atoms with E-state index in [0.717, 1.165) is 32.0 Å². The third-order valence-electron chi connectivity index (χ3n) is 2.44. The molecule has 58 valence electrons. The van der Waals surface area contributed by atoms with Gasteiger partial charge in [0.05, 0.1) is 6.67 Å². The van der Waals surface area contributed by atoms with Gasteiger partial charge in [-0.2, -0.15) is 0 Å². The first-order chi connectivity index (χ1) is 4.83. The lowest BCUT2D eigenvalue weighted by Gasteiger charge is -2.18. The molecule has 0 aromatic rings. The highest BCUT2D eigenvalue weighted by Crippen LogP contribution is 2.38. The maximum absolute atomic E-state index is 11.9. The van der Waals surface area contributed by atoms with Gasteiger partial charge in [0.25, 0.3) is 0 Å². The normalized spacial score (nSPS) is 22.9. The fourth-order valence-electron chi connectivity index (χ4n) is 1.69. The summed E-state index contributed by atoms with van der Waals surface area (Å²) in [5, 5.41) is 0. The molecular formula is C8H13FO. The fraction of sp³-hybridized carbons (Fsp3) is 0.875. The van der Waals surface area contributed by atoms with E-state index in [1.165, 1.54) is 0 Å². The third kappa shape index (κ3) is 1.36. The molecule has 1 rings (SSSR count). The molecule has 0 atom stereocenters. The summed E-state index contributed by atoms with van der Waals surface area (Å²) >= 11 is 0. The minimum Gasteiger partial charge on any atom is -0.303 e. The van der Waals surface area contributed by atoms with Gasteiger partial charge in [-0.1, -0.05) is 12.8 Å². The number of hydrogen-bond donors (Lipinski definition) is 0. The molecule has 0 N–H and O–H groups in total. The molecule has 0 aliphatic heterocycles. The average Bonchev–Trinajstić information content (AvgIpc) is 2.39. The number of alkyl halides is 1. The number of halogens is 1. The van der Waals surface area contributed by atoms with Crippen LogP contribution in [0.4, 0.5) is 4.39 Å². The lowest BCUT2D eigenvalue weighted by Crippen LogP contribution is -2.18. The number of aldehydes is 1. The second kappa shape index (κ2) is 3.13. The quantitative estimate of drug-likeness (QED) is 0.554. The maximum Gasteiger partial charge on any atom is 0.126 e. The predicted molar refractivity (Wildman–Crippen MR) is 37.6 cm³/mol. The van der Waals surface area contributed by atoms with Crippen LogP contribution in [0.2, 0.25) is 0 Å². The molecule has 0 aromatic heterocycles. The number of carbonyl (C=O) groups excluding carboxylic acids is 1. The van der Waals surface area contributed by atoms with Crippen LogP contribution in [0.5, 0.6) is 0 Å². The van der Waals surface area contributed by atoms with Crippen LogP contribution in [0.1, 0.15) is 32.1 Å². The molecule has 0 bridgehead atoms. The van der Waals surface area contributed by atoms with E-state index in [9.17, 15) is 9.18 Å². The second-order valence-electron chi connectivity index (χ2n) is 3.13. The predicted octanol–water partition coefficient (Wildman–Crippen LogP) is 2.11. The van der Waals surface area contributed by atoms with Gasteiger partial charge in [-0.3, -0.25) is 4.39 Å². The van der Waals surface area contributed by atoms with Crippen molar-refractivity contribution in [1.29, 1.82) is 0 Å². The van der Waals surface area contributed by atoms with Crippen LogP contribution in [0.15, 0.2) is 0 Å². The molecule has 0 unspecified atom stereocenters. The Labute approximate surface area is 60.6 Å². The Hall–Kier alpha value is -0.400. The van der Waals surface area contributed by atoms with Crippen molar-refractivity contribution in [1.82, 2.24) is 0 Å². The standard InChI is InChI=1S/C8H13FO/c9-6-5-8(7-10)3-1-2-4-8/h7H,1-6H2. The van der Waals surface area contributed by atoms with Crippen LogP contribution in [0.3, 0.4) is 0 Å². The first kappa shape index (κ1) is 7.70. The molecule has 1 saturated carbocycles. The number of carbonyl (C=O) groups is 1. The average molecular weight is 144 g/mol. The van der Waals surface area contributed by atoms with Crippen molar-refractivity contribution in [3.8, 4) is 0 Å². The molecule has 0 amide bonds. The zero-order valence-corrected chi connectivity index (χ0v) is 6.11. The minimum atomic E-state index is -0.348. The zero-order valence-electron chi connectivity index (χ0n) is 6.11. The van der Waals surface area contributed by atoms with Crippen LogP contribution in [0.25, 0.3) is 0 Å². The maximum atomic E-state index is 11.9. The molecule has 0 saturated heterocycles. The van der Waals surface area contributed by atoms with E-state index in [-0.39, 0.29) is 12.1 Å². The summed E-state index contributed by atoms with van der Waals surface area (Å²) in [5.74, 6) is 0. The SMILES string of the molecule is O=CC1(CCF)CCCC1. The van der Waals surface area contributed by atoms with Crippen LogP contribution in [-0.4, -0.2) is 13.0 Å². The molecule has 1 aliphatic rings. The largest absolute Gasteiger partial charge is 0.303 e. The molecule has 0 heterocycles. The summed E-state index contributed by atoms with van der Waals surface area (Å²) in [6.45, 7) is -0.348. The van der Waals surface area contributed by atoms with Crippen molar-refractivity contribution in [3.05, 3.63) is 0 Å². The van der Waals surface area contributed by atoms with Crippen LogP contribution in [0, 0.1) is 5.41 Å². The van der Waals surface area contributed by atoms with E-state index >= 15 is 0 Å². The Kier molecular flexibility index (Phi) is 2.41. The Balaban J connectivity index is 2.49. The van der Waals surface area contributed by atoms with E-state index in [1.54, 1.807) is 0 Å². The molecular weight excluding hydrogens is 131 g/mol. The molecule has 2 heteroatoms. The minimum absolute atomic E-state index is 0.269. The third-order valence-corrected chi connectivity index (χ3v) is 2.44. The van der Waals surface area contributed by atoms with Gasteiger partial charge >= 0.3 is 0 Å². The molecule has 0 radical (unpaired) electrons. The van der Waals surface area contributed by atoms with Crippen molar-refractivity contribution in [3.63, 3.8) is 0 Å². The summed E-state index contributed by atoms with van der Waals surface area (Å²) in [5.41, 5.74) is -0.269. The fourth-order valence-corrected chi connectivity index (χ4v) is 1.69. The first-order valence-corrected chi connectivity index (χ1v) is 3.85. The number of rotatable bonds is 3. The summed E-state index contributed by atoms with van der Waals surface area (Å²) in [6, 6.07) is 0. The molecule has 0 spiro atoms. The van der Waals surface area contributed by atoms with Gasteiger partial charge in [0.15, 0.2) is 0 Å². The first-order valence-electron chi connectivity index (χ1n) is 3.85. The van der Waals surface area contributed by atoms with Gasteiger partial charge in [-0.15, -0.1) is 0 Å². The van der Waals surface area contributed by atoms with Gasteiger partial charge in [-0.05, 0) is 19.3 Å². The Morgan fingerprint density at radius 3 is 2.40 bits per heavy atom. The van der Waals surface area contributed by atoms with E-state index in [1.807, 2.05) is 0 Å². The van der Waals surface area contributed by atoms with Gasteiger partial charge < -0.3 is 4.79 Å². The van der Waals surface area contributed by atoms with Crippen molar-refractivity contribution < 1.29 is 9.18 Å². The van der Waals surface area contributed by atoms with E-state index in [4.69, 9.17) is 0 Å². The van der Waals surface area contributed by atoms with Crippen LogP contribution >= 0.6 is 0 Å². The highest BCUT2D eigenvalue weighted by atomic mass is 19.1. The summed E-state index contributed by atoms with van der Waals surface area (Å²) in [7, 11) is 0. The summed E-state index contributed by atoms with van der Waals surface area (Å²) in [4.78, 5) is 10.6. The van der Waals surface area contributed by atoms with Gasteiger partial charge in [0.2, 0.25) is 0 Å². The summed E-state index contributed by atoms with van der Waals surface area (Å²) in [6.07, 6.45) is 5.40. The zero-order chi connectivity index (χ0) is 7.45. The van der Waals surface area contributed by atoms with Gasteiger partial charge in [0.1, 0.15) is 6.29 Å². The second-order valence-corrected chi connectivity index (χ2v) is 3.13. The summed E-state index contributed by atoms with van der Waals surface area (Å²) < 4.78 is 11.9.